The summed E-state index contributed by atoms with van der Waals surface area (Å²) in [5.74, 6) is 0.832. The van der Waals surface area contributed by atoms with E-state index in [-0.39, 0.29) is 0 Å². The molecule has 1 aliphatic carbocycles. The van der Waals surface area contributed by atoms with Crippen molar-refractivity contribution < 1.29 is 4.74 Å². The highest BCUT2D eigenvalue weighted by Gasteiger charge is 2.12. The molecule has 0 heterocycles. The van der Waals surface area contributed by atoms with E-state index < -0.39 is 0 Å². The van der Waals surface area contributed by atoms with Crippen molar-refractivity contribution in [2.75, 3.05) is 13.2 Å². The van der Waals surface area contributed by atoms with Crippen LogP contribution in [0.15, 0.2) is 42.5 Å². The van der Waals surface area contributed by atoms with Crippen molar-refractivity contribution in [1.82, 2.24) is 0 Å². The summed E-state index contributed by atoms with van der Waals surface area (Å²) in [7, 11) is 0. The fraction of sp³-hybridized carbons (Fsp3) is 0.600. The third kappa shape index (κ3) is 7.47. The van der Waals surface area contributed by atoms with E-state index in [1.54, 1.807) is 0 Å². The van der Waals surface area contributed by atoms with E-state index in [0.29, 0.717) is 0 Å². The molecule has 0 bridgehead atoms. The third-order valence-corrected chi connectivity index (χ3v) is 4.39. The van der Waals surface area contributed by atoms with Crippen molar-refractivity contribution >= 4 is 0 Å². The summed E-state index contributed by atoms with van der Waals surface area (Å²) in [4.78, 5) is 0. The van der Waals surface area contributed by atoms with Gasteiger partial charge in [-0.15, -0.1) is 0 Å². The topological polar surface area (TPSA) is 9.23 Å². The van der Waals surface area contributed by atoms with Crippen LogP contribution in [-0.4, -0.2) is 13.2 Å². The number of allylic oxidation sites excluding steroid dienone is 1. The minimum absolute atomic E-state index is 0.801. The number of benzene rings is 1. The highest BCUT2D eigenvalue weighted by molar-refractivity contribution is 5.14. The molecule has 0 N–H and O–H groups in total. The van der Waals surface area contributed by atoms with Crippen molar-refractivity contribution in [3.63, 3.8) is 0 Å². The van der Waals surface area contributed by atoms with Gasteiger partial charge in [0, 0.05) is 6.61 Å². The van der Waals surface area contributed by atoms with Crippen LogP contribution in [0.2, 0.25) is 0 Å². The molecule has 1 nitrogen and oxygen atoms in total. The van der Waals surface area contributed by atoms with E-state index in [9.17, 15) is 0 Å². The van der Waals surface area contributed by atoms with Crippen LogP contribution < -0.4 is 0 Å². The first kappa shape index (κ1) is 16.3. The normalized spacial score (nSPS) is 16.6. The predicted molar refractivity (Wildman–Crippen MR) is 90.5 cm³/mol. The Bertz CT molecular complexity index is 376. The lowest BCUT2D eigenvalue weighted by molar-refractivity contribution is 0.105. The first-order valence-electron chi connectivity index (χ1n) is 8.72. The van der Waals surface area contributed by atoms with Crippen LogP contribution in [-0.2, 0) is 11.2 Å². The van der Waals surface area contributed by atoms with Gasteiger partial charge in [0.05, 0.1) is 6.61 Å². The molecule has 0 aromatic heterocycles. The van der Waals surface area contributed by atoms with Crippen molar-refractivity contribution in [2.24, 2.45) is 5.92 Å². The van der Waals surface area contributed by atoms with Gasteiger partial charge < -0.3 is 4.74 Å². The van der Waals surface area contributed by atoms with Gasteiger partial charge >= 0.3 is 0 Å². The fourth-order valence-electron chi connectivity index (χ4n) is 3.08. The van der Waals surface area contributed by atoms with Crippen LogP contribution in [0, 0.1) is 5.92 Å². The highest BCUT2D eigenvalue weighted by atomic mass is 16.5. The average Bonchev–Trinajstić information content (AvgIpc) is 2.55. The molecular weight excluding hydrogens is 256 g/mol. The molecule has 0 saturated heterocycles. The van der Waals surface area contributed by atoms with E-state index in [1.807, 2.05) is 0 Å². The molecule has 1 aromatic rings. The lowest BCUT2D eigenvalue weighted by atomic mass is 9.90. The Kier molecular flexibility index (Phi) is 8.24. The van der Waals surface area contributed by atoms with Gasteiger partial charge in [-0.3, -0.25) is 0 Å². The Hall–Kier alpha value is -1.08. The molecule has 21 heavy (non-hydrogen) atoms. The molecule has 0 radical (unpaired) electrons. The van der Waals surface area contributed by atoms with Crippen LogP contribution in [0.25, 0.3) is 0 Å². The molecule has 2 rings (SSSR count). The summed E-state index contributed by atoms with van der Waals surface area (Å²) >= 11 is 0. The zero-order chi connectivity index (χ0) is 14.6. The molecule has 0 amide bonds. The monoisotopic (exact) mass is 286 g/mol. The zero-order valence-corrected chi connectivity index (χ0v) is 13.3. The Balaban J connectivity index is 1.41. The van der Waals surface area contributed by atoms with E-state index in [0.717, 1.165) is 19.1 Å². The molecule has 0 aliphatic heterocycles. The van der Waals surface area contributed by atoms with Gasteiger partial charge in [0.2, 0.25) is 0 Å². The first-order valence-corrected chi connectivity index (χ1v) is 8.72. The smallest absolute Gasteiger partial charge is 0.0647 e. The van der Waals surface area contributed by atoms with Crippen LogP contribution in [0.4, 0.5) is 0 Å². The molecule has 1 fully saturated rings. The molecule has 0 atom stereocenters. The van der Waals surface area contributed by atoms with Crippen LogP contribution in [0.5, 0.6) is 0 Å². The molecule has 116 valence electrons. The fourth-order valence-corrected chi connectivity index (χ4v) is 3.08. The molecule has 0 unspecified atom stereocenters. The maximum atomic E-state index is 5.76. The first-order chi connectivity index (χ1) is 10.4. The van der Waals surface area contributed by atoms with Gasteiger partial charge in [-0.25, -0.2) is 0 Å². The Morgan fingerprint density at radius 2 is 1.76 bits per heavy atom. The third-order valence-electron chi connectivity index (χ3n) is 4.39. The quantitative estimate of drug-likeness (QED) is 0.427. The summed E-state index contributed by atoms with van der Waals surface area (Å²) in [5.41, 5.74) is 1.46. The van der Waals surface area contributed by atoms with Gasteiger partial charge in [0.1, 0.15) is 0 Å². The summed E-state index contributed by atoms with van der Waals surface area (Å²) in [6, 6.07) is 10.8. The SMILES string of the molecule is C(=C/COCC1CCCCC1)/CCCCc1ccccc1. The lowest BCUT2D eigenvalue weighted by Gasteiger charge is -2.20. The van der Waals surface area contributed by atoms with Crippen molar-refractivity contribution in [1.29, 1.82) is 0 Å². The second-order valence-electron chi connectivity index (χ2n) is 6.24. The van der Waals surface area contributed by atoms with Gasteiger partial charge in [-0.1, -0.05) is 61.7 Å². The second kappa shape index (κ2) is 10.6. The van der Waals surface area contributed by atoms with Gasteiger partial charge in [0.25, 0.3) is 0 Å². The Morgan fingerprint density at radius 3 is 2.57 bits per heavy atom. The zero-order valence-electron chi connectivity index (χ0n) is 13.3. The van der Waals surface area contributed by atoms with Crippen molar-refractivity contribution in [3.05, 3.63) is 48.0 Å². The molecule has 0 spiro atoms. The van der Waals surface area contributed by atoms with Gasteiger partial charge in [0.15, 0.2) is 0 Å². The second-order valence-corrected chi connectivity index (χ2v) is 6.24. The van der Waals surface area contributed by atoms with E-state index in [4.69, 9.17) is 4.74 Å². The highest BCUT2D eigenvalue weighted by Crippen LogP contribution is 2.23. The largest absolute Gasteiger partial charge is 0.377 e. The molecule has 1 saturated carbocycles. The van der Waals surface area contributed by atoms with Crippen LogP contribution in [0.1, 0.15) is 56.9 Å². The Labute approximate surface area is 130 Å². The summed E-state index contributed by atoms with van der Waals surface area (Å²) in [5, 5.41) is 0. The summed E-state index contributed by atoms with van der Waals surface area (Å²) in [6.07, 6.45) is 16.4. The van der Waals surface area contributed by atoms with Crippen molar-refractivity contribution in [2.45, 2.75) is 57.8 Å². The summed E-state index contributed by atoms with van der Waals surface area (Å²) < 4.78 is 5.76. The lowest BCUT2D eigenvalue weighted by Crippen LogP contribution is -2.13. The minimum atomic E-state index is 0.801. The molecule has 1 aromatic carbocycles. The number of hydrogen-bond donors (Lipinski definition) is 0. The van der Waals surface area contributed by atoms with Gasteiger partial charge in [-0.2, -0.15) is 0 Å². The van der Waals surface area contributed by atoms with Crippen LogP contribution >= 0.6 is 0 Å². The number of unbranched alkanes of at least 4 members (excludes halogenated alkanes) is 2. The molecule has 1 heteroatoms. The van der Waals surface area contributed by atoms with E-state index >= 15 is 0 Å². The minimum Gasteiger partial charge on any atom is -0.377 e. The molecule has 1 aliphatic rings. The Morgan fingerprint density at radius 1 is 0.952 bits per heavy atom. The van der Waals surface area contributed by atoms with Crippen LogP contribution in [0.3, 0.4) is 0 Å². The summed E-state index contributed by atoms with van der Waals surface area (Å²) in [6.45, 7) is 1.77. The average molecular weight is 286 g/mol. The number of ether oxygens (including phenoxy) is 1. The number of hydrogen-bond acceptors (Lipinski definition) is 1. The number of aryl methyl sites for hydroxylation is 1. The van der Waals surface area contributed by atoms with E-state index in [1.165, 1.54) is 63.4 Å². The number of rotatable bonds is 9. The maximum absolute atomic E-state index is 5.76. The van der Waals surface area contributed by atoms with Crippen molar-refractivity contribution in [3.8, 4) is 0 Å². The maximum Gasteiger partial charge on any atom is 0.0647 e. The van der Waals surface area contributed by atoms with Gasteiger partial charge in [-0.05, 0) is 50.0 Å². The van der Waals surface area contributed by atoms with E-state index in [2.05, 4.69) is 42.5 Å². The standard InChI is InChI=1S/C20H30O/c1(2-6-12-19-13-7-4-8-14-19)3-11-17-21-18-20-15-9-5-10-16-20/h3-4,7-8,11,13-14,20H,1-2,5-6,9-10,12,15-18H2/b11-3-. The molecular formula is C20H30O. The predicted octanol–water partition coefficient (Wildman–Crippen LogP) is 5.55.